The Hall–Kier alpha value is -0.570. The Morgan fingerprint density at radius 3 is 1.56 bits per heavy atom. The van der Waals surface area contributed by atoms with Gasteiger partial charge < -0.3 is 9.80 Å². The first-order valence-corrected chi connectivity index (χ1v) is 12.2. The van der Waals surface area contributed by atoms with E-state index in [1.54, 1.807) is 0 Å². The van der Waals surface area contributed by atoms with Crippen molar-refractivity contribution in [3.05, 3.63) is 0 Å². The molecule has 1 amide bonds. The summed E-state index contributed by atoms with van der Waals surface area (Å²) in [6.45, 7) is 11.1. The molecule has 0 rings (SSSR count). The summed E-state index contributed by atoms with van der Waals surface area (Å²) in [4.78, 5) is 12.2. The molecule has 0 aromatic rings. The van der Waals surface area contributed by atoms with Crippen LogP contribution in [0.5, 0.6) is 0 Å². The summed E-state index contributed by atoms with van der Waals surface area (Å²) < 4.78 is 1.06. The van der Waals surface area contributed by atoms with E-state index in [0.717, 1.165) is 24.0 Å². The van der Waals surface area contributed by atoms with Gasteiger partial charge in [0.2, 0.25) is 5.91 Å². The molecule has 0 spiro atoms. The Kier molecular flexibility index (Phi) is 18.4. The van der Waals surface area contributed by atoms with E-state index in [9.17, 15) is 4.79 Å². The third-order valence-corrected chi connectivity index (χ3v) is 5.83. The Morgan fingerprint density at radius 2 is 1.07 bits per heavy atom. The summed E-state index contributed by atoms with van der Waals surface area (Å²) in [5.41, 5.74) is 0. The van der Waals surface area contributed by atoms with Gasteiger partial charge in [0.1, 0.15) is 0 Å². The first kappa shape index (κ1) is 26.4. The van der Waals surface area contributed by atoms with E-state index < -0.39 is 0 Å². The molecule has 0 heterocycles. The molecule has 0 fully saturated rings. The molecule has 0 unspecified atom stereocenters. The van der Waals surface area contributed by atoms with E-state index in [4.69, 9.17) is 0 Å². The lowest BCUT2D eigenvalue weighted by atomic mass is 10.1. The summed E-state index contributed by atoms with van der Waals surface area (Å²) in [6, 6.07) is 0. The highest BCUT2D eigenvalue weighted by Gasteiger charge is 2.21. The molecule has 0 aliphatic heterocycles. The molecule has 0 atom stereocenters. The van der Waals surface area contributed by atoms with Crippen molar-refractivity contribution >= 4 is 5.91 Å². The van der Waals surface area contributed by atoms with Crippen LogP contribution < -0.4 is 5.32 Å². The minimum Gasteiger partial charge on any atom is -0.356 e. The van der Waals surface area contributed by atoms with E-state index in [1.165, 1.54) is 96.6 Å². The van der Waals surface area contributed by atoms with Crippen molar-refractivity contribution < 1.29 is 9.28 Å². The second-order valence-corrected chi connectivity index (χ2v) is 8.78. The van der Waals surface area contributed by atoms with Crippen molar-refractivity contribution in [3.63, 3.8) is 0 Å². The number of nitrogens with one attached hydrogen (secondary N) is 1. The molecule has 0 radical (unpaired) electrons. The Bertz CT molecular complexity index is 322. The maximum Gasteiger partial charge on any atom is 0.225 e. The minimum absolute atomic E-state index is 0.253. The smallest absolute Gasteiger partial charge is 0.225 e. The normalized spacial score (nSPS) is 11.7. The number of hydrogen-bond donors (Lipinski definition) is 1. The fourth-order valence-corrected chi connectivity index (χ4v) is 3.72. The van der Waals surface area contributed by atoms with Crippen LogP contribution in [0.3, 0.4) is 0 Å². The van der Waals surface area contributed by atoms with Crippen molar-refractivity contribution in [3.8, 4) is 0 Å². The largest absolute Gasteiger partial charge is 0.356 e. The third kappa shape index (κ3) is 17.3. The average Bonchev–Trinajstić information content (AvgIpc) is 2.67. The quantitative estimate of drug-likeness (QED) is 0.190. The van der Waals surface area contributed by atoms with Crippen molar-refractivity contribution in [2.75, 3.05) is 33.2 Å². The van der Waals surface area contributed by atoms with Gasteiger partial charge in [-0.25, -0.2) is 0 Å². The molecular formula is C24H51N2O+. The molecule has 0 aliphatic carbocycles. The zero-order chi connectivity index (χ0) is 20.2. The van der Waals surface area contributed by atoms with Gasteiger partial charge in [-0.3, -0.25) is 4.79 Å². The molecule has 0 saturated carbocycles. The van der Waals surface area contributed by atoms with Gasteiger partial charge in [-0.1, -0.05) is 91.4 Å². The van der Waals surface area contributed by atoms with E-state index in [1.807, 2.05) is 0 Å². The number of amides is 1. The lowest BCUT2D eigenvalue weighted by Gasteiger charge is -2.34. The zero-order valence-corrected chi connectivity index (χ0v) is 19.3. The van der Waals surface area contributed by atoms with E-state index in [2.05, 4.69) is 33.1 Å². The number of nitrogens with zero attached hydrogens (tertiary/aromatic N) is 1. The first-order chi connectivity index (χ1) is 13.1. The molecule has 0 aliphatic rings. The maximum atomic E-state index is 12.2. The van der Waals surface area contributed by atoms with Crippen LogP contribution in [0.2, 0.25) is 0 Å². The number of quaternary nitrogens is 1. The van der Waals surface area contributed by atoms with Gasteiger partial charge >= 0.3 is 0 Å². The minimum atomic E-state index is 0.253. The summed E-state index contributed by atoms with van der Waals surface area (Å²) >= 11 is 0. The van der Waals surface area contributed by atoms with Gasteiger partial charge in [-0.05, 0) is 19.3 Å². The maximum absolute atomic E-state index is 12.2. The molecule has 0 bridgehead atoms. The van der Waals surface area contributed by atoms with Crippen molar-refractivity contribution in [2.24, 2.45) is 0 Å². The van der Waals surface area contributed by atoms with Crippen LogP contribution >= 0.6 is 0 Å². The number of carbonyl (C=O) groups is 1. The van der Waals surface area contributed by atoms with E-state index >= 15 is 0 Å². The zero-order valence-electron chi connectivity index (χ0n) is 19.3. The lowest BCUT2D eigenvalue weighted by molar-refractivity contribution is -0.909. The van der Waals surface area contributed by atoms with Gasteiger partial charge in [-0.15, -0.1) is 0 Å². The van der Waals surface area contributed by atoms with Crippen molar-refractivity contribution in [1.82, 2.24) is 5.32 Å². The standard InChI is InChI=1S/C24H50N2O/c1-5-8-11-12-13-14-15-16-17-18-20-25-24(27)19-23-26(4,21-9-6-2)22-10-7-3/h5-23H2,1-4H3/p+1. The summed E-state index contributed by atoms with van der Waals surface area (Å²) in [5, 5.41) is 3.14. The highest BCUT2D eigenvalue weighted by molar-refractivity contribution is 5.75. The molecule has 0 aromatic heterocycles. The monoisotopic (exact) mass is 383 g/mol. The van der Waals surface area contributed by atoms with E-state index in [0.29, 0.717) is 6.42 Å². The molecule has 162 valence electrons. The predicted octanol–water partition coefficient (Wildman–Crippen LogP) is 6.46. The van der Waals surface area contributed by atoms with Crippen LogP contribution in [0.15, 0.2) is 0 Å². The molecule has 1 N–H and O–H groups in total. The fourth-order valence-electron chi connectivity index (χ4n) is 3.72. The van der Waals surface area contributed by atoms with Gasteiger partial charge in [0.25, 0.3) is 0 Å². The van der Waals surface area contributed by atoms with Crippen LogP contribution in [-0.4, -0.2) is 43.6 Å². The average molecular weight is 384 g/mol. The highest BCUT2D eigenvalue weighted by atomic mass is 16.1. The molecular weight excluding hydrogens is 332 g/mol. The highest BCUT2D eigenvalue weighted by Crippen LogP contribution is 2.11. The number of rotatable bonds is 20. The number of unbranched alkanes of at least 4 members (excludes halogenated alkanes) is 11. The van der Waals surface area contributed by atoms with Crippen LogP contribution in [0.1, 0.15) is 117 Å². The first-order valence-electron chi connectivity index (χ1n) is 12.2. The van der Waals surface area contributed by atoms with Gasteiger partial charge in [-0.2, -0.15) is 0 Å². The van der Waals surface area contributed by atoms with Crippen LogP contribution in [0.4, 0.5) is 0 Å². The van der Waals surface area contributed by atoms with Gasteiger partial charge in [0.05, 0.1) is 33.1 Å². The lowest BCUT2D eigenvalue weighted by Crippen LogP contribution is -2.47. The van der Waals surface area contributed by atoms with E-state index in [-0.39, 0.29) is 5.91 Å². The predicted molar refractivity (Wildman–Crippen MR) is 120 cm³/mol. The second-order valence-electron chi connectivity index (χ2n) is 8.78. The molecule has 0 aromatic carbocycles. The molecule has 3 heteroatoms. The SMILES string of the molecule is CCCCCCCCCCCCNC(=O)CC[N+](C)(CCCC)CCCC. The molecule has 27 heavy (non-hydrogen) atoms. The van der Waals surface area contributed by atoms with Crippen LogP contribution in [-0.2, 0) is 4.79 Å². The number of hydrogen-bond acceptors (Lipinski definition) is 1. The van der Waals surface area contributed by atoms with Gasteiger partial charge in [0, 0.05) is 6.54 Å². The topological polar surface area (TPSA) is 29.1 Å². The summed E-state index contributed by atoms with van der Waals surface area (Å²) in [5.74, 6) is 0.253. The van der Waals surface area contributed by atoms with Crippen LogP contribution in [0, 0.1) is 0 Å². The Morgan fingerprint density at radius 1 is 0.630 bits per heavy atom. The summed E-state index contributed by atoms with van der Waals surface area (Å²) in [6.07, 6.45) is 19.1. The summed E-state index contributed by atoms with van der Waals surface area (Å²) in [7, 11) is 2.33. The second kappa shape index (κ2) is 18.8. The van der Waals surface area contributed by atoms with Crippen molar-refractivity contribution in [2.45, 2.75) is 117 Å². The Labute approximate surface area is 171 Å². The number of carbonyl (C=O) groups excluding carboxylic acids is 1. The molecule has 3 nitrogen and oxygen atoms in total. The third-order valence-electron chi connectivity index (χ3n) is 5.83. The van der Waals surface area contributed by atoms with Crippen LogP contribution in [0.25, 0.3) is 0 Å². The fraction of sp³-hybridized carbons (Fsp3) is 0.958. The Balaban J connectivity index is 3.66. The van der Waals surface area contributed by atoms with Gasteiger partial charge in [0.15, 0.2) is 0 Å². The van der Waals surface area contributed by atoms with Crippen molar-refractivity contribution in [1.29, 1.82) is 0 Å². The molecule has 0 saturated heterocycles.